The van der Waals surface area contributed by atoms with Crippen molar-refractivity contribution < 1.29 is 13.6 Å². The largest absolute Gasteiger partial charge is 0.339 e. The van der Waals surface area contributed by atoms with Crippen molar-refractivity contribution in [3.05, 3.63) is 53.5 Å². The van der Waals surface area contributed by atoms with Crippen molar-refractivity contribution >= 4 is 39.0 Å². The molecule has 1 aromatic carbocycles. The lowest BCUT2D eigenvalue weighted by atomic mass is 10.2. The molecule has 6 nitrogen and oxygen atoms in total. The number of hydrogen-bond donors (Lipinski definition) is 1. The summed E-state index contributed by atoms with van der Waals surface area (Å²) in [5, 5.41) is 3.93. The Labute approximate surface area is 163 Å². The molecule has 28 heavy (non-hydrogen) atoms. The van der Waals surface area contributed by atoms with Gasteiger partial charge in [0.25, 0.3) is 11.8 Å². The summed E-state index contributed by atoms with van der Waals surface area (Å²) in [6.07, 6.45) is 1.43. The molecule has 142 valence electrons. The summed E-state index contributed by atoms with van der Waals surface area (Å²) >= 11 is 1.18. The number of nitrogens with zero attached hydrogens (tertiary/aromatic N) is 4. The van der Waals surface area contributed by atoms with Crippen molar-refractivity contribution in [3.8, 4) is 0 Å². The zero-order valence-electron chi connectivity index (χ0n) is 14.7. The van der Waals surface area contributed by atoms with E-state index in [1.807, 2.05) is 24.3 Å². The molecule has 2 aromatic heterocycles. The summed E-state index contributed by atoms with van der Waals surface area (Å²) in [7, 11) is 0. The van der Waals surface area contributed by atoms with Crippen molar-refractivity contribution in [2.24, 2.45) is 4.99 Å². The molecule has 0 saturated carbocycles. The Balaban J connectivity index is 1.39. The number of halogens is 2. The van der Waals surface area contributed by atoms with E-state index in [2.05, 4.69) is 19.7 Å². The molecule has 4 heterocycles. The van der Waals surface area contributed by atoms with Gasteiger partial charge in [0.05, 0.1) is 17.8 Å². The van der Waals surface area contributed by atoms with Crippen LogP contribution in [0.5, 0.6) is 0 Å². The van der Waals surface area contributed by atoms with Gasteiger partial charge in [-0.2, -0.15) is 4.37 Å². The molecule has 0 bridgehead atoms. The lowest BCUT2D eigenvalue weighted by Gasteiger charge is -2.14. The molecular weight excluding hydrogens is 384 g/mol. The van der Waals surface area contributed by atoms with Gasteiger partial charge in [0.1, 0.15) is 11.4 Å². The molecule has 1 amide bonds. The minimum Gasteiger partial charge on any atom is -0.339 e. The van der Waals surface area contributed by atoms with Crippen LogP contribution in [0, 0.1) is 0 Å². The second-order valence-corrected chi connectivity index (χ2v) is 7.68. The van der Waals surface area contributed by atoms with Crippen LogP contribution < -0.4 is 5.32 Å². The summed E-state index contributed by atoms with van der Waals surface area (Å²) in [4.78, 5) is 22.6. The predicted octanol–water partition coefficient (Wildman–Crippen LogP) is 3.54. The highest BCUT2D eigenvalue weighted by atomic mass is 32.1. The monoisotopic (exact) mass is 399 g/mol. The molecule has 1 N–H and O–H groups in total. The van der Waals surface area contributed by atoms with Gasteiger partial charge in [-0.25, -0.2) is 8.78 Å². The number of aromatic nitrogens is 2. The predicted molar refractivity (Wildman–Crippen MR) is 103 cm³/mol. The first-order valence-corrected chi connectivity index (χ1v) is 9.60. The van der Waals surface area contributed by atoms with Gasteiger partial charge in [0, 0.05) is 35.8 Å². The smallest absolute Gasteiger partial charge is 0.274 e. The third-order valence-corrected chi connectivity index (χ3v) is 5.73. The number of aliphatic imine (C=N–C) groups is 1. The van der Waals surface area contributed by atoms with Crippen LogP contribution in [-0.4, -0.2) is 45.0 Å². The van der Waals surface area contributed by atoms with Crippen LogP contribution in [-0.2, 0) is 6.54 Å². The summed E-state index contributed by atoms with van der Waals surface area (Å²) in [6.45, 7) is 0.0981. The normalized spacial score (nSPS) is 17.6. The van der Waals surface area contributed by atoms with Crippen LogP contribution in [0.4, 0.5) is 14.5 Å². The van der Waals surface area contributed by atoms with Crippen molar-refractivity contribution in [2.45, 2.75) is 18.9 Å². The van der Waals surface area contributed by atoms with E-state index in [-0.39, 0.29) is 18.7 Å². The van der Waals surface area contributed by atoms with Crippen molar-refractivity contribution in [1.82, 2.24) is 14.3 Å². The summed E-state index contributed by atoms with van der Waals surface area (Å²) in [6, 6.07) is 9.38. The standard InChI is InChI=1S/C19H15F2N5OS/c20-19(21)5-7-26(10-19)18(27)16-13-4-3-12(8-14(13)28-25-16)24-17-15-11(9-23-17)2-1-6-22-15/h1-4,6,8H,5,7,9-10H2,(H,23,24). The van der Waals surface area contributed by atoms with E-state index < -0.39 is 18.4 Å². The van der Waals surface area contributed by atoms with Crippen LogP contribution in [0.15, 0.2) is 41.5 Å². The van der Waals surface area contributed by atoms with Crippen LogP contribution in [0.1, 0.15) is 28.2 Å². The fourth-order valence-corrected chi connectivity index (χ4v) is 4.29. The number of fused-ring (bicyclic) bond motifs is 2. The average Bonchev–Trinajstić information content (AvgIpc) is 3.38. The highest BCUT2D eigenvalue weighted by Crippen LogP contribution is 2.31. The zero-order chi connectivity index (χ0) is 19.3. The van der Waals surface area contributed by atoms with Crippen molar-refractivity contribution in [1.29, 1.82) is 0 Å². The minimum atomic E-state index is -2.81. The molecule has 0 atom stereocenters. The quantitative estimate of drug-likeness (QED) is 0.716. The molecule has 5 rings (SSSR count). The number of benzene rings is 1. The number of likely N-dealkylation sites (tertiary alicyclic amines) is 1. The third-order valence-electron chi connectivity index (χ3n) is 4.92. The van der Waals surface area contributed by atoms with Gasteiger partial charge in [-0.15, -0.1) is 0 Å². The first-order valence-electron chi connectivity index (χ1n) is 8.82. The second-order valence-electron chi connectivity index (χ2n) is 6.88. The first kappa shape index (κ1) is 17.2. The van der Waals surface area contributed by atoms with Gasteiger partial charge in [-0.1, -0.05) is 6.07 Å². The fourth-order valence-electron chi connectivity index (χ4n) is 3.48. The molecule has 9 heteroatoms. The number of anilines is 1. The van der Waals surface area contributed by atoms with Crippen LogP contribution in [0.2, 0.25) is 0 Å². The number of carbonyl (C=O) groups excluding carboxylic acids is 1. The highest BCUT2D eigenvalue weighted by molar-refractivity contribution is 7.13. The highest BCUT2D eigenvalue weighted by Gasteiger charge is 2.41. The summed E-state index contributed by atoms with van der Waals surface area (Å²) in [5.74, 6) is -2.55. The maximum Gasteiger partial charge on any atom is 0.274 e. The summed E-state index contributed by atoms with van der Waals surface area (Å²) in [5.41, 5.74) is 2.94. The summed E-state index contributed by atoms with van der Waals surface area (Å²) < 4.78 is 31.9. The molecule has 2 aliphatic heterocycles. The number of carbonyl (C=O) groups is 1. The molecular formula is C19H15F2N5OS. The number of nitrogens with one attached hydrogen (secondary N) is 1. The van der Waals surface area contributed by atoms with Crippen LogP contribution in [0.3, 0.4) is 0 Å². The van der Waals surface area contributed by atoms with E-state index in [1.54, 1.807) is 12.3 Å². The van der Waals surface area contributed by atoms with Gasteiger partial charge < -0.3 is 10.2 Å². The van der Waals surface area contributed by atoms with Gasteiger partial charge in [0.2, 0.25) is 0 Å². The molecule has 0 aliphatic carbocycles. The lowest BCUT2D eigenvalue weighted by molar-refractivity contribution is 0.0120. The Hall–Kier alpha value is -2.94. The molecule has 1 saturated heterocycles. The van der Waals surface area contributed by atoms with Gasteiger partial charge in [0.15, 0.2) is 5.84 Å². The number of alkyl halides is 2. The average molecular weight is 399 g/mol. The van der Waals surface area contributed by atoms with E-state index in [1.165, 1.54) is 16.4 Å². The van der Waals surface area contributed by atoms with E-state index in [0.29, 0.717) is 17.8 Å². The Bertz CT molecular complexity index is 1130. The Morgan fingerprint density at radius 2 is 2.18 bits per heavy atom. The topological polar surface area (TPSA) is 70.5 Å². The van der Waals surface area contributed by atoms with Gasteiger partial charge in [-0.3, -0.25) is 14.8 Å². The SMILES string of the molecule is O=C(c1nsc2cc(NC3=NCc4cccnc43)ccc12)N1CCC(F)(F)C1. The fraction of sp³-hybridized carbons (Fsp3) is 0.263. The Morgan fingerprint density at radius 1 is 1.29 bits per heavy atom. The first-order chi connectivity index (χ1) is 13.5. The third kappa shape index (κ3) is 2.91. The zero-order valence-corrected chi connectivity index (χ0v) is 15.5. The number of amides is 1. The number of pyridine rings is 1. The second kappa shape index (κ2) is 6.30. The molecule has 0 spiro atoms. The van der Waals surface area contributed by atoms with Crippen molar-refractivity contribution in [2.75, 3.05) is 18.4 Å². The van der Waals surface area contributed by atoms with Crippen LogP contribution in [0.25, 0.3) is 10.1 Å². The van der Waals surface area contributed by atoms with Crippen molar-refractivity contribution in [3.63, 3.8) is 0 Å². The van der Waals surface area contributed by atoms with Gasteiger partial charge in [-0.05, 0) is 35.8 Å². The van der Waals surface area contributed by atoms with E-state index >= 15 is 0 Å². The minimum absolute atomic E-state index is 0.0523. The Morgan fingerprint density at radius 3 is 3.00 bits per heavy atom. The number of amidine groups is 1. The molecule has 2 aliphatic rings. The van der Waals surface area contributed by atoms with E-state index in [9.17, 15) is 13.6 Å². The Kier molecular flexibility index (Phi) is 3.87. The van der Waals surface area contributed by atoms with Gasteiger partial charge >= 0.3 is 0 Å². The molecule has 1 fully saturated rings. The molecule has 3 aromatic rings. The van der Waals surface area contributed by atoms with E-state index in [0.717, 1.165) is 21.6 Å². The van der Waals surface area contributed by atoms with E-state index in [4.69, 9.17) is 0 Å². The number of hydrogen-bond acceptors (Lipinski definition) is 6. The maximum atomic E-state index is 13.4. The number of rotatable bonds is 2. The molecule has 0 unspecified atom stereocenters. The van der Waals surface area contributed by atoms with Crippen LogP contribution >= 0.6 is 11.5 Å². The molecule has 0 radical (unpaired) electrons. The maximum absolute atomic E-state index is 13.4. The lowest BCUT2D eigenvalue weighted by Crippen LogP contribution is -2.31.